The second-order valence-corrected chi connectivity index (χ2v) is 7.33. The summed E-state index contributed by atoms with van der Waals surface area (Å²) in [5.41, 5.74) is 3.03. The Morgan fingerprint density at radius 3 is 3.08 bits per heavy atom. The molecule has 2 aliphatic rings. The van der Waals surface area contributed by atoms with Crippen LogP contribution in [0.3, 0.4) is 0 Å². The molecule has 0 unspecified atom stereocenters. The lowest BCUT2D eigenvalue weighted by Gasteiger charge is -2.33. The first-order chi connectivity index (χ1) is 12.2. The predicted octanol–water partition coefficient (Wildman–Crippen LogP) is 1.96. The number of pyridine rings is 1. The Bertz CT molecular complexity index is 788. The molecule has 4 heterocycles. The van der Waals surface area contributed by atoms with Crippen LogP contribution in [0, 0.1) is 5.92 Å². The Labute approximate surface area is 147 Å². The van der Waals surface area contributed by atoms with Crippen LogP contribution in [0.15, 0.2) is 29.3 Å². The van der Waals surface area contributed by atoms with Crippen LogP contribution in [0.2, 0.25) is 0 Å². The van der Waals surface area contributed by atoms with E-state index in [1.807, 2.05) is 12.3 Å². The molecule has 0 saturated carbocycles. The number of rotatable bonds is 3. The molecule has 1 atom stereocenters. The molecule has 0 bridgehead atoms. The maximum absolute atomic E-state index is 12.5. The van der Waals surface area contributed by atoms with E-state index in [-0.39, 0.29) is 5.56 Å². The zero-order chi connectivity index (χ0) is 17.2. The Balaban J connectivity index is 1.55. The van der Waals surface area contributed by atoms with E-state index >= 15 is 0 Å². The van der Waals surface area contributed by atoms with Gasteiger partial charge < -0.3 is 4.90 Å². The van der Waals surface area contributed by atoms with E-state index in [2.05, 4.69) is 32.8 Å². The van der Waals surface area contributed by atoms with Gasteiger partial charge in [0, 0.05) is 50.7 Å². The van der Waals surface area contributed by atoms with Crippen LogP contribution in [0.25, 0.3) is 0 Å². The minimum atomic E-state index is 0.0410. The van der Waals surface area contributed by atoms with Crippen LogP contribution in [-0.4, -0.2) is 39.5 Å². The summed E-state index contributed by atoms with van der Waals surface area (Å²) in [4.78, 5) is 29.1. The zero-order valence-electron chi connectivity index (χ0n) is 14.7. The molecular weight excluding hydrogens is 314 g/mol. The van der Waals surface area contributed by atoms with E-state index in [0.717, 1.165) is 62.8 Å². The van der Waals surface area contributed by atoms with Crippen LogP contribution < -0.4 is 10.5 Å². The van der Waals surface area contributed by atoms with Crippen molar-refractivity contribution in [1.29, 1.82) is 0 Å². The number of H-pyrrole nitrogens is 1. The van der Waals surface area contributed by atoms with Crippen molar-refractivity contribution in [2.24, 2.45) is 5.92 Å². The first kappa shape index (κ1) is 16.3. The van der Waals surface area contributed by atoms with Gasteiger partial charge in [0.2, 0.25) is 5.95 Å². The molecule has 0 spiro atoms. The number of anilines is 1. The van der Waals surface area contributed by atoms with Gasteiger partial charge in [0.1, 0.15) is 0 Å². The number of aromatic amines is 1. The minimum Gasteiger partial charge on any atom is -0.342 e. The van der Waals surface area contributed by atoms with Crippen molar-refractivity contribution in [1.82, 2.24) is 19.9 Å². The van der Waals surface area contributed by atoms with Crippen LogP contribution in [0.4, 0.5) is 5.95 Å². The molecule has 2 aromatic rings. The molecule has 4 rings (SSSR count). The lowest BCUT2D eigenvalue weighted by Crippen LogP contribution is -2.39. The molecule has 2 aliphatic heterocycles. The molecule has 132 valence electrons. The largest absolute Gasteiger partial charge is 0.342 e. The van der Waals surface area contributed by atoms with E-state index in [4.69, 9.17) is 4.98 Å². The van der Waals surface area contributed by atoms with Crippen LogP contribution in [-0.2, 0) is 19.5 Å². The van der Waals surface area contributed by atoms with Crippen molar-refractivity contribution in [3.8, 4) is 0 Å². The topological polar surface area (TPSA) is 65.1 Å². The van der Waals surface area contributed by atoms with E-state index in [9.17, 15) is 4.79 Å². The smallest absolute Gasteiger partial charge is 0.255 e. The number of hydrogen-bond acceptors (Lipinski definition) is 5. The number of piperidine rings is 1. The Morgan fingerprint density at radius 2 is 2.28 bits per heavy atom. The summed E-state index contributed by atoms with van der Waals surface area (Å²) in [6.07, 6.45) is 6.87. The molecule has 1 N–H and O–H groups in total. The van der Waals surface area contributed by atoms with Crippen molar-refractivity contribution in [3.63, 3.8) is 0 Å². The second kappa shape index (κ2) is 6.96. The SMILES string of the molecule is C[C@H]1CCCN(c2nc3c(c(=O)[nH]2)CCN(Cc2cccnc2)C3)C1. The third kappa shape index (κ3) is 3.58. The second-order valence-electron chi connectivity index (χ2n) is 7.33. The average Bonchev–Trinajstić information content (AvgIpc) is 2.62. The molecule has 6 heteroatoms. The average molecular weight is 339 g/mol. The van der Waals surface area contributed by atoms with Gasteiger partial charge in [-0.2, -0.15) is 0 Å². The number of nitrogens with one attached hydrogen (secondary N) is 1. The third-order valence-corrected chi connectivity index (χ3v) is 5.23. The molecule has 0 aromatic carbocycles. The maximum atomic E-state index is 12.5. The van der Waals surface area contributed by atoms with E-state index < -0.39 is 0 Å². The fourth-order valence-corrected chi connectivity index (χ4v) is 3.90. The Hall–Kier alpha value is -2.21. The van der Waals surface area contributed by atoms with Crippen molar-refractivity contribution < 1.29 is 0 Å². The minimum absolute atomic E-state index is 0.0410. The van der Waals surface area contributed by atoms with E-state index in [1.165, 1.54) is 12.0 Å². The third-order valence-electron chi connectivity index (χ3n) is 5.23. The monoisotopic (exact) mass is 339 g/mol. The molecule has 0 aliphatic carbocycles. The van der Waals surface area contributed by atoms with Gasteiger partial charge in [0.15, 0.2) is 0 Å². The molecule has 1 saturated heterocycles. The first-order valence-corrected chi connectivity index (χ1v) is 9.17. The van der Waals surface area contributed by atoms with Gasteiger partial charge >= 0.3 is 0 Å². The van der Waals surface area contributed by atoms with Crippen molar-refractivity contribution in [2.45, 2.75) is 39.3 Å². The quantitative estimate of drug-likeness (QED) is 0.926. The normalized spacial score (nSPS) is 21.2. The summed E-state index contributed by atoms with van der Waals surface area (Å²) in [7, 11) is 0. The van der Waals surface area contributed by atoms with Gasteiger partial charge in [-0.05, 0) is 36.8 Å². The van der Waals surface area contributed by atoms with Gasteiger partial charge in [0.25, 0.3) is 5.56 Å². The van der Waals surface area contributed by atoms with Gasteiger partial charge in [-0.15, -0.1) is 0 Å². The molecule has 0 radical (unpaired) electrons. The summed E-state index contributed by atoms with van der Waals surface area (Å²) in [5.74, 6) is 1.40. The number of hydrogen-bond donors (Lipinski definition) is 1. The van der Waals surface area contributed by atoms with Crippen molar-refractivity contribution in [2.75, 3.05) is 24.5 Å². The molecular formula is C19H25N5O. The summed E-state index contributed by atoms with van der Waals surface area (Å²) in [5, 5.41) is 0. The predicted molar refractivity (Wildman–Crippen MR) is 97.5 cm³/mol. The van der Waals surface area contributed by atoms with Crippen LogP contribution in [0.1, 0.15) is 36.6 Å². The molecule has 25 heavy (non-hydrogen) atoms. The van der Waals surface area contributed by atoms with E-state index in [1.54, 1.807) is 6.20 Å². The fourth-order valence-electron chi connectivity index (χ4n) is 3.90. The van der Waals surface area contributed by atoms with Crippen LogP contribution in [0.5, 0.6) is 0 Å². The lowest BCUT2D eigenvalue weighted by atomic mass is 10.0. The molecule has 1 fully saturated rings. The molecule has 6 nitrogen and oxygen atoms in total. The van der Waals surface area contributed by atoms with Crippen LogP contribution >= 0.6 is 0 Å². The highest BCUT2D eigenvalue weighted by molar-refractivity contribution is 5.35. The Kier molecular flexibility index (Phi) is 4.53. The maximum Gasteiger partial charge on any atom is 0.255 e. The fraction of sp³-hybridized carbons (Fsp3) is 0.526. The van der Waals surface area contributed by atoms with Crippen molar-refractivity contribution in [3.05, 3.63) is 51.7 Å². The number of fused-ring (bicyclic) bond motifs is 1. The van der Waals surface area contributed by atoms with Gasteiger partial charge in [0.05, 0.1) is 5.69 Å². The Morgan fingerprint density at radius 1 is 1.36 bits per heavy atom. The molecule has 0 amide bonds. The van der Waals surface area contributed by atoms with Crippen molar-refractivity contribution >= 4 is 5.95 Å². The molecule has 2 aromatic heterocycles. The summed E-state index contributed by atoms with van der Waals surface area (Å²) in [6, 6.07) is 4.06. The number of nitrogens with zero attached hydrogens (tertiary/aromatic N) is 4. The van der Waals surface area contributed by atoms with Gasteiger partial charge in [-0.25, -0.2) is 4.98 Å². The first-order valence-electron chi connectivity index (χ1n) is 9.17. The van der Waals surface area contributed by atoms with Gasteiger partial charge in [-0.1, -0.05) is 13.0 Å². The summed E-state index contributed by atoms with van der Waals surface area (Å²) in [6.45, 7) is 6.67. The van der Waals surface area contributed by atoms with E-state index in [0.29, 0.717) is 5.92 Å². The summed E-state index contributed by atoms with van der Waals surface area (Å²) < 4.78 is 0. The lowest BCUT2D eigenvalue weighted by molar-refractivity contribution is 0.240. The standard InChI is InChI=1S/C19H25N5O/c1-14-4-3-8-24(11-14)19-21-17-13-23(9-6-16(17)18(25)22-19)12-15-5-2-7-20-10-15/h2,5,7,10,14H,3-4,6,8-9,11-13H2,1H3,(H,21,22,25)/t14-/m0/s1. The highest BCUT2D eigenvalue weighted by Crippen LogP contribution is 2.22. The highest BCUT2D eigenvalue weighted by Gasteiger charge is 2.24. The zero-order valence-corrected chi connectivity index (χ0v) is 14.7. The summed E-state index contributed by atoms with van der Waals surface area (Å²) >= 11 is 0. The van der Waals surface area contributed by atoms with Gasteiger partial charge in [-0.3, -0.25) is 19.7 Å². The highest BCUT2D eigenvalue weighted by atomic mass is 16.1. The number of aromatic nitrogens is 3.